The number of nitrogens with zero attached hydrogens (tertiary/aromatic N) is 3. The van der Waals surface area contributed by atoms with Crippen molar-refractivity contribution in [2.45, 2.75) is 37.9 Å². The van der Waals surface area contributed by atoms with Gasteiger partial charge < -0.3 is 11.2 Å². The molecule has 1 aliphatic rings. The molecule has 0 bridgehead atoms. The van der Waals surface area contributed by atoms with E-state index in [9.17, 15) is 26.7 Å². The van der Waals surface area contributed by atoms with Crippen molar-refractivity contribution in [2.75, 3.05) is 6.67 Å². The first-order valence-corrected chi connectivity index (χ1v) is 9.72. The normalized spacial score (nSPS) is 19.3. The molecule has 11 heteroatoms. The van der Waals surface area contributed by atoms with Gasteiger partial charge in [-0.1, -0.05) is 0 Å². The van der Waals surface area contributed by atoms with E-state index in [1.807, 2.05) is 0 Å². The molecular weight excluding hydrogens is 433 g/mol. The van der Waals surface area contributed by atoms with E-state index in [2.05, 4.69) is 20.4 Å². The minimum atomic E-state index is -4.65. The first-order valence-electron chi connectivity index (χ1n) is 9.72. The fourth-order valence-electron chi connectivity index (χ4n) is 3.51. The van der Waals surface area contributed by atoms with Crippen LogP contribution in [0.5, 0.6) is 0 Å². The summed E-state index contributed by atoms with van der Waals surface area (Å²) in [6.45, 7) is -1.17. The monoisotopic (exact) mass is 453 g/mol. The quantitative estimate of drug-likeness (QED) is 0.409. The molecule has 0 radical (unpaired) electrons. The Morgan fingerprint density at radius 1 is 1.22 bits per heavy atom. The number of halogens is 5. The van der Waals surface area contributed by atoms with Crippen LogP contribution in [-0.2, 0) is 17.4 Å². The third-order valence-electron chi connectivity index (χ3n) is 4.88. The number of benzene rings is 1. The molecule has 1 amide bonds. The van der Waals surface area contributed by atoms with Crippen LogP contribution < -0.4 is 11.2 Å². The molecule has 1 aromatic carbocycles. The van der Waals surface area contributed by atoms with E-state index < -0.39 is 36.2 Å². The Morgan fingerprint density at radius 3 is 2.69 bits per heavy atom. The van der Waals surface area contributed by atoms with Crippen molar-refractivity contribution in [3.05, 3.63) is 59.0 Å². The molecule has 1 heterocycles. The highest BCUT2D eigenvalue weighted by molar-refractivity contribution is 6.45. The summed E-state index contributed by atoms with van der Waals surface area (Å²) in [4.78, 5) is 20.0. The molecule has 1 aromatic heterocycles. The molecule has 1 aliphatic carbocycles. The largest absolute Gasteiger partial charge is 0.416 e. The fourth-order valence-corrected chi connectivity index (χ4v) is 3.51. The Hall–Kier alpha value is -3.37. The van der Waals surface area contributed by atoms with Crippen molar-refractivity contribution in [1.82, 2.24) is 10.3 Å². The van der Waals surface area contributed by atoms with E-state index in [4.69, 9.17) is 5.84 Å². The number of nitrogens with two attached hydrogens (primary N) is 1. The summed E-state index contributed by atoms with van der Waals surface area (Å²) in [5, 5.41) is 6.20. The molecule has 6 nitrogen and oxygen atoms in total. The lowest BCUT2D eigenvalue weighted by atomic mass is 9.91. The lowest BCUT2D eigenvalue weighted by Gasteiger charge is -2.25. The second-order valence-electron chi connectivity index (χ2n) is 7.26. The maximum Gasteiger partial charge on any atom is 0.416 e. The number of aromatic nitrogens is 1. The zero-order chi connectivity index (χ0) is 23.3. The van der Waals surface area contributed by atoms with E-state index in [-0.39, 0.29) is 17.8 Å². The van der Waals surface area contributed by atoms with Crippen LogP contribution in [0.15, 0.2) is 46.6 Å². The maximum atomic E-state index is 13.7. The first kappa shape index (κ1) is 23.3. The molecule has 1 saturated carbocycles. The molecule has 1 unspecified atom stereocenters. The Morgan fingerprint density at radius 2 is 2.00 bits per heavy atom. The third-order valence-corrected chi connectivity index (χ3v) is 4.88. The predicted molar refractivity (Wildman–Crippen MR) is 109 cm³/mol. The molecule has 3 rings (SSSR count). The van der Waals surface area contributed by atoms with Crippen LogP contribution in [0.25, 0.3) is 0 Å². The molecule has 3 N–H and O–H groups in total. The Labute approximate surface area is 180 Å². The van der Waals surface area contributed by atoms with Crippen molar-refractivity contribution in [3.63, 3.8) is 0 Å². The van der Waals surface area contributed by atoms with E-state index in [1.165, 1.54) is 6.20 Å². The van der Waals surface area contributed by atoms with Gasteiger partial charge in [-0.25, -0.2) is 18.8 Å². The van der Waals surface area contributed by atoms with Crippen molar-refractivity contribution in [1.29, 1.82) is 0 Å². The zero-order valence-corrected chi connectivity index (χ0v) is 16.8. The number of nitrogens with one attached hydrogen (secondary N) is 1. The molecule has 0 aliphatic heterocycles. The van der Waals surface area contributed by atoms with Gasteiger partial charge in [0.1, 0.15) is 11.5 Å². The van der Waals surface area contributed by atoms with Crippen molar-refractivity contribution >= 4 is 23.1 Å². The van der Waals surface area contributed by atoms with Gasteiger partial charge in [-0.15, -0.1) is 0 Å². The molecule has 1 atom stereocenters. The lowest BCUT2D eigenvalue weighted by Crippen LogP contribution is -2.47. The highest BCUT2D eigenvalue weighted by atomic mass is 19.4. The summed E-state index contributed by atoms with van der Waals surface area (Å²) in [7, 11) is 0. The van der Waals surface area contributed by atoms with Crippen LogP contribution in [0.3, 0.4) is 0 Å². The number of alkyl halides is 4. The van der Waals surface area contributed by atoms with Gasteiger partial charge in [0.15, 0.2) is 12.5 Å². The third kappa shape index (κ3) is 5.86. The lowest BCUT2D eigenvalue weighted by molar-refractivity contribution is -0.137. The van der Waals surface area contributed by atoms with Crippen LogP contribution >= 0.6 is 0 Å². The van der Waals surface area contributed by atoms with E-state index in [0.717, 1.165) is 12.1 Å². The Balaban J connectivity index is 1.84. The van der Waals surface area contributed by atoms with Crippen LogP contribution in [-0.4, -0.2) is 35.0 Å². The number of rotatable bonds is 5. The summed E-state index contributed by atoms with van der Waals surface area (Å²) in [6.07, 6.45) is -1.51. The minimum Gasteiger partial charge on any atom is -0.345 e. The molecule has 2 aromatic rings. The van der Waals surface area contributed by atoms with Gasteiger partial charge in [0.2, 0.25) is 0 Å². The average molecular weight is 453 g/mol. The Kier molecular flexibility index (Phi) is 7.16. The smallest absolute Gasteiger partial charge is 0.345 e. The average Bonchev–Trinajstić information content (AvgIpc) is 2.73. The number of carbonyl (C=O) groups is 1. The van der Waals surface area contributed by atoms with E-state index in [0.29, 0.717) is 42.3 Å². The molecule has 32 heavy (non-hydrogen) atoms. The molecule has 0 saturated heterocycles. The molecule has 1 fully saturated rings. The van der Waals surface area contributed by atoms with E-state index in [1.54, 1.807) is 12.1 Å². The summed E-state index contributed by atoms with van der Waals surface area (Å²) in [5.74, 6) is 3.96. The summed E-state index contributed by atoms with van der Waals surface area (Å²) >= 11 is 0. The van der Waals surface area contributed by atoms with E-state index >= 15 is 0 Å². The van der Waals surface area contributed by atoms with Gasteiger partial charge in [0, 0.05) is 6.20 Å². The maximum absolute atomic E-state index is 13.7. The van der Waals surface area contributed by atoms with Crippen molar-refractivity contribution in [3.8, 4) is 0 Å². The minimum absolute atomic E-state index is 0.0359. The Bertz CT molecular complexity index is 1050. The summed E-state index contributed by atoms with van der Waals surface area (Å²) in [6, 6.07) is 4.95. The number of hydrogen-bond acceptors (Lipinski definition) is 5. The molecular formula is C21H20F5N5O. The summed E-state index contributed by atoms with van der Waals surface area (Å²) < 4.78 is 65.1. The number of carbonyl (C=O) groups excluding carboxylic acids is 1. The van der Waals surface area contributed by atoms with Gasteiger partial charge >= 0.3 is 6.18 Å². The number of hydrazone groups is 1. The number of pyridine rings is 1. The van der Waals surface area contributed by atoms with Crippen molar-refractivity contribution in [2.24, 2.45) is 15.9 Å². The number of hydrogen-bond donors (Lipinski definition) is 2. The van der Waals surface area contributed by atoms with Crippen molar-refractivity contribution < 1.29 is 26.7 Å². The second kappa shape index (κ2) is 9.84. The van der Waals surface area contributed by atoms with Gasteiger partial charge in [0.05, 0.1) is 17.3 Å². The standard InChI is InChI=1S/C21H20F5N5O/c22-11-19(32)30-17-3-1-2-16(20(17)31-27)29-18-9-12(4-5-28-18)6-13-7-14(21(24,25)26)10-15(23)8-13/h4-5,7-10,17H,1-3,6,11,27H2,(H,30,32)/b29-16?,31-20+. The van der Waals surface area contributed by atoms with Crippen LogP contribution in [0.4, 0.5) is 27.8 Å². The SMILES string of the molecule is N/N=C1\C(=Nc2cc(Cc3cc(F)cc(C(F)(F)F)c3)ccn2)CCCC1NC(=O)CF. The highest BCUT2D eigenvalue weighted by Crippen LogP contribution is 2.31. The second-order valence-corrected chi connectivity index (χ2v) is 7.26. The number of aliphatic imine (C=N–C) groups is 1. The molecule has 0 spiro atoms. The van der Waals surface area contributed by atoms with Gasteiger partial charge in [0.25, 0.3) is 5.91 Å². The first-order chi connectivity index (χ1) is 15.2. The molecule has 170 valence electrons. The van der Waals surface area contributed by atoms with Crippen LogP contribution in [0, 0.1) is 5.82 Å². The number of amides is 1. The van der Waals surface area contributed by atoms with Crippen LogP contribution in [0.2, 0.25) is 0 Å². The van der Waals surface area contributed by atoms with Gasteiger partial charge in [-0.3, -0.25) is 4.79 Å². The predicted octanol–water partition coefficient (Wildman–Crippen LogP) is 3.86. The van der Waals surface area contributed by atoms with Crippen LogP contribution in [0.1, 0.15) is 36.0 Å². The topological polar surface area (TPSA) is 92.7 Å². The fraction of sp³-hybridized carbons (Fsp3) is 0.333. The summed E-state index contributed by atoms with van der Waals surface area (Å²) in [5.41, 5.74) is 0.442. The highest BCUT2D eigenvalue weighted by Gasteiger charge is 2.31. The van der Waals surface area contributed by atoms with Gasteiger partial charge in [-0.2, -0.15) is 18.3 Å². The zero-order valence-electron chi connectivity index (χ0n) is 16.8. The van der Waals surface area contributed by atoms with Gasteiger partial charge in [-0.05, 0) is 67.1 Å².